The molecule has 0 aliphatic heterocycles. The number of rotatable bonds is 8. The highest BCUT2D eigenvalue weighted by Gasteiger charge is 2.16. The Morgan fingerprint density at radius 2 is 2.25 bits per heavy atom. The van der Waals surface area contributed by atoms with E-state index in [4.69, 9.17) is 9.84 Å². The van der Waals surface area contributed by atoms with Gasteiger partial charge in [-0.1, -0.05) is 6.92 Å². The van der Waals surface area contributed by atoms with Crippen molar-refractivity contribution in [3.05, 3.63) is 28.3 Å². The molecule has 0 aromatic heterocycles. The van der Waals surface area contributed by atoms with Gasteiger partial charge in [-0.2, -0.15) is 0 Å². The second-order valence-corrected chi connectivity index (χ2v) is 4.43. The lowest BCUT2D eigenvalue weighted by atomic mass is 10.2. The Labute approximate surface area is 116 Å². The first-order valence-corrected chi connectivity index (χ1v) is 6.33. The van der Waals surface area contributed by atoms with Crippen LogP contribution in [0.1, 0.15) is 26.7 Å². The minimum Gasteiger partial charge on any atom is -0.487 e. The van der Waals surface area contributed by atoms with Gasteiger partial charge >= 0.3 is 11.7 Å². The summed E-state index contributed by atoms with van der Waals surface area (Å²) in [6.07, 6.45) is 0.701. The topological polar surface area (TPSA) is 102 Å². The second-order valence-electron chi connectivity index (χ2n) is 4.43. The molecule has 1 atom stereocenters. The van der Waals surface area contributed by atoms with Crippen LogP contribution >= 0.6 is 0 Å². The molecule has 7 nitrogen and oxygen atoms in total. The number of hydrogen-bond acceptors (Lipinski definition) is 5. The lowest BCUT2D eigenvalue weighted by molar-refractivity contribution is -0.385. The molecule has 0 fully saturated rings. The number of carbonyl (C=O) groups is 1. The third-order valence-electron chi connectivity index (χ3n) is 2.51. The number of anilines is 1. The van der Waals surface area contributed by atoms with Crippen LogP contribution in [0.2, 0.25) is 0 Å². The predicted octanol–water partition coefficient (Wildman–Crippen LogP) is 2.66. The zero-order chi connectivity index (χ0) is 15.1. The van der Waals surface area contributed by atoms with E-state index in [1.54, 1.807) is 6.92 Å². The number of carboxylic acids is 1. The molecule has 0 aliphatic rings. The molecule has 7 heteroatoms. The molecule has 0 spiro atoms. The fourth-order valence-electron chi connectivity index (χ4n) is 1.68. The Hall–Kier alpha value is -2.31. The highest BCUT2D eigenvalue weighted by molar-refractivity contribution is 5.68. The normalized spacial score (nSPS) is 11.7. The molecular weight excluding hydrogens is 264 g/mol. The summed E-state index contributed by atoms with van der Waals surface area (Å²) in [6, 6.07) is 4.12. The molecule has 1 aromatic rings. The van der Waals surface area contributed by atoms with E-state index in [2.05, 4.69) is 5.32 Å². The van der Waals surface area contributed by atoms with Crippen molar-refractivity contribution in [2.45, 2.75) is 32.7 Å². The van der Waals surface area contributed by atoms with Crippen molar-refractivity contribution in [3.63, 3.8) is 0 Å². The van der Waals surface area contributed by atoms with Crippen LogP contribution in [0.25, 0.3) is 0 Å². The first-order chi connectivity index (χ1) is 9.43. The Morgan fingerprint density at radius 3 is 2.80 bits per heavy atom. The zero-order valence-corrected chi connectivity index (χ0v) is 11.5. The summed E-state index contributed by atoms with van der Waals surface area (Å²) in [5.41, 5.74) is 0.491. The summed E-state index contributed by atoms with van der Waals surface area (Å²) < 4.78 is 5.35. The lowest BCUT2D eigenvalue weighted by Gasteiger charge is -2.14. The Bertz CT molecular complexity index is 490. The largest absolute Gasteiger partial charge is 0.487 e. The number of nitro groups is 1. The molecule has 20 heavy (non-hydrogen) atoms. The number of hydrogen-bond donors (Lipinski definition) is 2. The van der Waals surface area contributed by atoms with Gasteiger partial charge in [0, 0.05) is 23.9 Å². The average molecular weight is 282 g/mol. The fourth-order valence-corrected chi connectivity index (χ4v) is 1.68. The maximum Gasteiger partial charge on any atom is 0.311 e. The Kier molecular flexibility index (Phi) is 5.76. The van der Waals surface area contributed by atoms with Crippen LogP contribution in [0.3, 0.4) is 0 Å². The summed E-state index contributed by atoms with van der Waals surface area (Å²) in [5.74, 6) is -0.723. The molecule has 0 saturated carbocycles. The van der Waals surface area contributed by atoms with Crippen molar-refractivity contribution >= 4 is 17.3 Å². The van der Waals surface area contributed by atoms with E-state index in [1.807, 2.05) is 6.92 Å². The molecule has 0 bridgehead atoms. The van der Waals surface area contributed by atoms with Crippen molar-refractivity contribution in [1.29, 1.82) is 0 Å². The summed E-state index contributed by atoms with van der Waals surface area (Å²) in [4.78, 5) is 21.0. The van der Waals surface area contributed by atoms with Crippen LogP contribution in [-0.4, -0.2) is 28.6 Å². The molecular formula is C13H18N2O5. The van der Waals surface area contributed by atoms with Crippen molar-refractivity contribution in [2.75, 3.05) is 11.9 Å². The number of nitro benzene ring substituents is 1. The molecule has 0 heterocycles. The van der Waals surface area contributed by atoms with Crippen LogP contribution in [0.4, 0.5) is 11.4 Å². The maximum atomic E-state index is 10.9. The van der Waals surface area contributed by atoms with Gasteiger partial charge in [0.2, 0.25) is 0 Å². The van der Waals surface area contributed by atoms with E-state index >= 15 is 0 Å². The monoisotopic (exact) mass is 282 g/mol. The average Bonchev–Trinajstić information content (AvgIpc) is 2.35. The van der Waals surface area contributed by atoms with Gasteiger partial charge in [0.25, 0.3) is 0 Å². The highest BCUT2D eigenvalue weighted by atomic mass is 16.6. The van der Waals surface area contributed by atoms with E-state index in [9.17, 15) is 14.9 Å². The molecule has 1 unspecified atom stereocenters. The molecule has 0 radical (unpaired) electrons. The summed E-state index contributed by atoms with van der Waals surface area (Å²) in [7, 11) is 0. The predicted molar refractivity (Wildman–Crippen MR) is 74.2 cm³/mol. The first kappa shape index (κ1) is 15.7. The van der Waals surface area contributed by atoms with Crippen LogP contribution in [0.15, 0.2) is 18.2 Å². The van der Waals surface area contributed by atoms with Crippen LogP contribution in [-0.2, 0) is 4.79 Å². The van der Waals surface area contributed by atoms with Gasteiger partial charge in [-0.3, -0.25) is 14.9 Å². The number of carboxylic acid groups (broad SMARTS) is 1. The standard InChI is InChI=1S/C13H18N2O5/c1-3-6-20-12-8-10(4-5-11(12)15(18)19)14-9(2)7-13(16)17/h4-5,8-9,14H,3,6-7H2,1-2H3,(H,16,17). The molecule has 0 aliphatic carbocycles. The van der Waals surface area contributed by atoms with Crippen LogP contribution in [0.5, 0.6) is 5.75 Å². The van der Waals surface area contributed by atoms with Gasteiger partial charge in [-0.05, 0) is 19.4 Å². The molecule has 2 N–H and O–H groups in total. The molecule has 110 valence electrons. The third-order valence-corrected chi connectivity index (χ3v) is 2.51. The van der Waals surface area contributed by atoms with Gasteiger partial charge in [0.05, 0.1) is 18.0 Å². The fraction of sp³-hybridized carbons (Fsp3) is 0.462. The van der Waals surface area contributed by atoms with E-state index in [1.165, 1.54) is 18.2 Å². The first-order valence-electron chi connectivity index (χ1n) is 6.33. The van der Waals surface area contributed by atoms with Crippen molar-refractivity contribution in [2.24, 2.45) is 0 Å². The van der Waals surface area contributed by atoms with Crippen molar-refractivity contribution in [1.82, 2.24) is 0 Å². The summed E-state index contributed by atoms with van der Waals surface area (Å²) >= 11 is 0. The van der Waals surface area contributed by atoms with E-state index in [-0.39, 0.29) is 23.9 Å². The van der Waals surface area contributed by atoms with Gasteiger partial charge in [0.1, 0.15) is 0 Å². The van der Waals surface area contributed by atoms with E-state index in [0.29, 0.717) is 12.3 Å². The van der Waals surface area contributed by atoms with Gasteiger partial charge in [-0.15, -0.1) is 0 Å². The zero-order valence-electron chi connectivity index (χ0n) is 11.5. The number of nitrogens with zero attached hydrogens (tertiary/aromatic N) is 1. The number of benzene rings is 1. The third kappa shape index (κ3) is 4.75. The van der Waals surface area contributed by atoms with Crippen molar-refractivity contribution in [3.8, 4) is 5.75 Å². The van der Waals surface area contributed by atoms with Gasteiger partial charge < -0.3 is 15.2 Å². The van der Waals surface area contributed by atoms with Crippen LogP contribution < -0.4 is 10.1 Å². The molecule has 1 aromatic carbocycles. The number of nitrogens with one attached hydrogen (secondary N) is 1. The van der Waals surface area contributed by atoms with Crippen LogP contribution in [0, 0.1) is 10.1 Å². The summed E-state index contributed by atoms with van der Waals surface area (Å²) in [5, 5.41) is 22.6. The minimum absolute atomic E-state index is 0.0395. The Morgan fingerprint density at radius 1 is 1.55 bits per heavy atom. The highest BCUT2D eigenvalue weighted by Crippen LogP contribution is 2.30. The smallest absolute Gasteiger partial charge is 0.311 e. The number of ether oxygens (including phenoxy) is 1. The van der Waals surface area contributed by atoms with Gasteiger partial charge in [-0.25, -0.2) is 0 Å². The maximum absolute atomic E-state index is 10.9. The van der Waals surface area contributed by atoms with Crippen molar-refractivity contribution < 1.29 is 19.6 Å². The Balaban J connectivity index is 2.88. The summed E-state index contributed by atoms with van der Waals surface area (Å²) in [6.45, 7) is 4.01. The van der Waals surface area contributed by atoms with Gasteiger partial charge in [0.15, 0.2) is 5.75 Å². The quantitative estimate of drug-likeness (QED) is 0.561. The molecule has 0 amide bonds. The van der Waals surface area contributed by atoms with E-state index < -0.39 is 10.9 Å². The molecule has 1 rings (SSSR count). The lowest BCUT2D eigenvalue weighted by Crippen LogP contribution is -2.19. The second kappa shape index (κ2) is 7.32. The SMILES string of the molecule is CCCOc1cc(NC(C)CC(=O)O)ccc1[N+](=O)[O-]. The minimum atomic E-state index is -0.908. The molecule has 0 saturated heterocycles. The van der Waals surface area contributed by atoms with E-state index in [0.717, 1.165) is 6.42 Å². The number of aliphatic carboxylic acids is 1.